The van der Waals surface area contributed by atoms with Crippen LogP contribution in [0.2, 0.25) is 0 Å². The van der Waals surface area contributed by atoms with Gasteiger partial charge < -0.3 is 9.64 Å². The first-order valence-electron chi connectivity index (χ1n) is 8.00. The number of carbonyl (C=O) groups is 1. The van der Waals surface area contributed by atoms with Gasteiger partial charge in [0.15, 0.2) is 0 Å². The Morgan fingerprint density at radius 3 is 2.77 bits per heavy atom. The van der Waals surface area contributed by atoms with Crippen molar-refractivity contribution in [2.75, 3.05) is 13.1 Å². The summed E-state index contributed by atoms with van der Waals surface area (Å²) in [4.78, 5) is 29.8. The molecule has 26 heavy (non-hydrogen) atoms. The zero-order valence-electron chi connectivity index (χ0n) is 14.5. The minimum absolute atomic E-state index is 0.0636. The maximum Gasteiger partial charge on any atom is 0.410 e. The number of amides is 1. The van der Waals surface area contributed by atoms with E-state index < -0.39 is 35.8 Å². The van der Waals surface area contributed by atoms with Crippen molar-refractivity contribution >= 4 is 43.6 Å². The van der Waals surface area contributed by atoms with E-state index in [0.717, 1.165) is 27.1 Å². The number of hydrogen-bond acceptors (Lipinski definition) is 5. The van der Waals surface area contributed by atoms with Gasteiger partial charge in [0.25, 0.3) is 11.5 Å². The molecule has 1 fully saturated rings. The van der Waals surface area contributed by atoms with Gasteiger partial charge in [0.1, 0.15) is 16.3 Å². The molecule has 2 aromatic heterocycles. The normalized spacial score (nSPS) is 20.4. The Bertz CT molecular complexity index is 906. The highest BCUT2D eigenvalue weighted by Gasteiger charge is 2.48. The summed E-state index contributed by atoms with van der Waals surface area (Å²) in [6, 6.07) is 0.320. The average Bonchev–Trinajstić information content (AvgIpc) is 2.87. The molecule has 1 saturated heterocycles. The van der Waals surface area contributed by atoms with Crippen LogP contribution in [0.25, 0.3) is 10.2 Å². The molecule has 2 aromatic rings. The summed E-state index contributed by atoms with van der Waals surface area (Å²) in [6.45, 7) is 4.30. The average molecular weight is 450 g/mol. The number of thiophene rings is 1. The second-order valence-electron chi connectivity index (χ2n) is 7.19. The van der Waals surface area contributed by atoms with Crippen LogP contribution in [0.15, 0.2) is 21.0 Å². The summed E-state index contributed by atoms with van der Waals surface area (Å²) in [5.41, 5.74) is -0.791. The number of aromatic nitrogens is 2. The fourth-order valence-corrected chi connectivity index (χ4v) is 4.35. The van der Waals surface area contributed by atoms with Crippen LogP contribution in [0, 0.1) is 0 Å². The molecule has 1 atom stereocenters. The first-order chi connectivity index (χ1) is 12.0. The lowest BCUT2D eigenvalue weighted by Crippen LogP contribution is -2.53. The van der Waals surface area contributed by atoms with Crippen molar-refractivity contribution in [2.45, 2.75) is 44.8 Å². The standard InChI is InChI=1S/C16H18BrF2N3O3S/c1-15(2,3)25-14(24)21-5-4-10(16(18,19)7-21)22-8-20-9-6-11(17)26-12(9)13(22)23/h6,8,10H,4-5,7H2,1-3H3. The fraction of sp³-hybridized carbons (Fsp3) is 0.562. The maximum absolute atomic E-state index is 14.7. The quantitative estimate of drug-likeness (QED) is 0.658. The van der Waals surface area contributed by atoms with Crippen molar-refractivity contribution in [3.05, 3.63) is 26.5 Å². The van der Waals surface area contributed by atoms with Gasteiger partial charge >= 0.3 is 6.09 Å². The Kier molecular flexibility index (Phi) is 4.85. The van der Waals surface area contributed by atoms with Crippen LogP contribution in [0.3, 0.4) is 0 Å². The van der Waals surface area contributed by atoms with E-state index >= 15 is 0 Å². The highest BCUT2D eigenvalue weighted by Crippen LogP contribution is 2.37. The molecule has 10 heteroatoms. The van der Waals surface area contributed by atoms with Crippen LogP contribution in [0.1, 0.15) is 33.2 Å². The zero-order chi connectivity index (χ0) is 19.3. The number of fused-ring (bicyclic) bond motifs is 1. The van der Waals surface area contributed by atoms with Crippen molar-refractivity contribution in [1.82, 2.24) is 14.5 Å². The summed E-state index contributed by atoms with van der Waals surface area (Å²) in [5.74, 6) is -3.27. The molecule has 142 valence electrons. The molecule has 0 bridgehead atoms. The number of halogens is 3. The second-order valence-corrected chi connectivity index (χ2v) is 9.62. The van der Waals surface area contributed by atoms with Crippen LogP contribution in [-0.4, -0.2) is 45.2 Å². The third kappa shape index (κ3) is 3.75. The van der Waals surface area contributed by atoms with Crippen molar-refractivity contribution in [2.24, 2.45) is 0 Å². The molecule has 0 radical (unpaired) electrons. The number of rotatable bonds is 1. The summed E-state index contributed by atoms with van der Waals surface area (Å²) in [7, 11) is 0. The lowest BCUT2D eigenvalue weighted by Gasteiger charge is -2.39. The van der Waals surface area contributed by atoms with Crippen LogP contribution < -0.4 is 5.56 Å². The van der Waals surface area contributed by atoms with Gasteiger partial charge in [-0.2, -0.15) is 0 Å². The first-order valence-corrected chi connectivity index (χ1v) is 9.61. The Hall–Kier alpha value is -1.55. The Morgan fingerprint density at radius 1 is 1.46 bits per heavy atom. The van der Waals surface area contributed by atoms with E-state index in [1.165, 1.54) is 0 Å². The molecule has 1 aliphatic rings. The summed E-state index contributed by atoms with van der Waals surface area (Å²) < 4.78 is 36.7. The van der Waals surface area contributed by atoms with E-state index in [0.29, 0.717) is 14.0 Å². The molecule has 0 spiro atoms. The van der Waals surface area contributed by atoms with Crippen LogP contribution in [0.5, 0.6) is 0 Å². The number of hydrogen-bond donors (Lipinski definition) is 0. The van der Waals surface area contributed by atoms with E-state index in [1.807, 2.05) is 0 Å². The molecule has 3 heterocycles. The third-order valence-corrected chi connectivity index (χ3v) is 5.60. The number of piperidine rings is 1. The minimum atomic E-state index is -3.27. The van der Waals surface area contributed by atoms with Crippen LogP contribution in [0.4, 0.5) is 13.6 Å². The summed E-state index contributed by atoms with van der Waals surface area (Å²) in [5, 5.41) is 0. The Labute approximate surface area is 160 Å². The van der Waals surface area contributed by atoms with E-state index in [1.54, 1.807) is 26.8 Å². The number of likely N-dealkylation sites (tertiary alicyclic amines) is 1. The lowest BCUT2D eigenvalue weighted by atomic mass is 10.0. The predicted octanol–water partition coefficient (Wildman–Crippen LogP) is 4.04. The molecule has 3 rings (SSSR count). The topological polar surface area (TPSA) is 64.4 Å². The maximum atomic E-state index is 14.7. The van der Waals surface area contributed by atoms with E-state index in [-0.39, 0.29) is 13.0 Å². The molecule has 1 aliphatic heterocycles. The van der Waals surface area contributed by atoms with Crippen molar-refractivity contribution in [1.29, 1.82) is 0 Å². The molecular weight excluding hydrogens is 432 g/mol. The zero-order valence-corrected chi connectivity index (χ0v) is 16.9. The van der Waals surface area contributed by atoms with E-state index in [2.05, 4.69) is 20.9 Å². The molecule has 1 amide bonds. The number of carbonyl (C=O) groups excluding carboxylic acids is 1. The predicted molar refractivity (Wildman–Crippen MR) is 98.0 cm³/mol. The molecule has 1 unspecified atom stereocenters. The Morgan fingerprint density at radius 2 is 2.15 bits per heavy atom. The lowest BCUT2D eigenvalue weighted by molar-refractivity contribution is -0.104. The van der Waals surface area contributed by atoms with Gasteiger partial charge in [0.2, 0.25) is 0 Å². The van der Waals surface area contributed by atoms with Gasteiger partial charge in [0.05, 0.1) is 22.2 Å². The van der Waals surface area contributed by atoms with Gasteiger partial charge in [-0.1, -0.05) is 0 Å². The molecule has 0 N–H and O–H groups in total. The third-order valence-electron chi connectivity index (χ3n) is 3.98. The molecule has 6 nitrogen and oxygen atoms in total. The molecular formula is C16H18BrF2N3O3S. The molecule has 0 aliphatic carbocycles. The summed E-state index contributed by atoms with van der Waals surface area (Å²) >= 11 is 4.43. The SMILES string of the molecule is CC(C)(C)OC(=O)N1CCC(n2cnc3cc(Br)sc3c2=O)C(F)(F)C1. The Balaban J connectivity index is 1.86. The van der Waals surface area contributed by atoms with Crippen LogP contribution >= 0.6 is 27.3 Å². The van der Waals surface area contributed by atoms with Gasteiger partial charge in [0, 0.05) is 6.54 Å². The van der Waals surface area contributed by atoms with Crippen molar-refractivity contribution < 1.29 is 18.3 Å². The molecule has 0 aromatic carbocycles. The first kappa shape index (κ1) is 19.2. The summed E-state index contributed by atoms with van der Waals surface area (Å²) in [6.07, 6.45) is 0.316. The highest BCUT2D eigenvalue weighted by atomic mass is 79.9. The van der Waals surface area contributed by atoms with Gasteiger partial charge in [-0.15, -0.1) is 11.3 Å². The van der Waals surface area contributed by atoms with Crippen molar-refractivity contribution in [3.63, 3.8) is 0 Å². The van der Waals surface area contributed by atoms with Crippen molar-refractivity contribution in [3.8, 4) is 0 Å². The smallest absolute Gasteiger partial charge is 0.410 e. The monoisotopic (exact) mass is 449 g/mol. The van der Waals surface area contributed by atoms with Gasteiger partial charge in [-0.3, -0.25) is 9.36 Å². The minimum Gasteiger partial charge on any atom is -0.444 e. The van der Waals surface area contributed by atoms with Gasteiger partial charge in [-0.05, 0) is 49.2 Å². The largest absolute Gasteiger partial charge is 0.444 e. The van der Waals surface area contributed by atoms with E-state index in [4.69, 9.17) is 4.74 Å². The van der Waals surface area contributed by atoms with Gasteiger partial charge in [-0.25, -0.2) is 18.6 Å². The second kappa shape index (κ2) is 6.56. The van der Waals surface area contributed by atoms with E-state index in [9.17, 15) is 18.4 Å². The molecule has 0 saturated carbocycles. The highest BCUT2D eigenvalue weighted by molar-refractivity contribution is 9.11. The number of ether oxygens (including phenoxy) is 1. The fourth-order valence-electron chi connectivity index (χ4n) is 2.87. The number of nitrogens with zero attached hydrogens (tertiary/aromatic N) is 3. The number of alkyl halides is 2. The van der Waals surface area contributed by atoms with Crippen LogP contribution in [-0.2, 0) is 4.74 Å².